The summed E-state index contributed by atoms with van der Waals surface area (Å²) >= 11 is 0. The molecule has 1 atom stereocenters. The monoisotopic (exact) mass is 307 g/mol. The maximum absolute atomic E-state index is 11.9. The second-order valence-electron chi connectivity index (χ2n) is 5.76. The molecule has 0 saturated heterocycles. The number of amides is 1. The van der Waals surface area contributed by atoms with Crippen molar-refractivity contribution in [1.82, 2.24) is 19.9 Å². The van der Waals surface area contributed by atoms with Gasteiger partial charge in [-0.3, -0.25) is 9.78 Å². The van der Waals surface area contributed by atoms with Gasteiger partial charge in [-0.05, 0) is 18.2 Å². The summed E-state index contributed by atoms with van der Waals surface area (Å²) in [5, 5.41) is 7.19. The van der Waals surface area contributed by atoms with Crippen LogP contribution in [0.1, 0.15) is 27.7 Å². The van der Waals surface area contributed by atoms with Crippen LogP contribution in [0.15, 0.2) is 36.8 Å². The van der Waals surface area contributed by atoms with Crippen LogP contribution >= 0.6 is 0 Å². The van der Waals surface area contributed by atoms with E-state index in [1.165, 1.54) is 0 Å². The average Bonchev–Trinajstić information content (AvgIpc) is 3.15. The third-order valence-electron chi connectivity index (χ3n) is 4.37. The van der Waals surface area contributed by atoms with Crippen LogP contribution in [0.25, 0.3) is 10.9 Å². The molecular formula is C17H17N5O. The first kappa shape index (κ1) is 13.8. The predicted octanol–water partition coefficient (Wildman–Crippen LogP) is 2.04. The Morgan fingerprint density at radius 3 is 2.96 bits per heavy atom. The number of aromatic nitrogens is 3. The van der Waals surface area contributed by atoms with Crippen molar-refractivity contribution in [2.24, 2.45) is 7.05 Å². The number of hydrogen-bond donors (Lipinski definition) is 2. The standard InChI is InChI=1S/C17H17N5O/c1-18-17(23)10-3-4-15-11(7-10)12(9-22(15)2)13-8-14-16(21-13)20-6-5-19-14/h3-7,9,13H,8H2,1-2H3,(H,18,23)(H,20,21). The highest BCUT2D eigenvalue weighted by Crippen LogP contribution is 2.35. The largest absolute Gasteiger partial charge is 0.361 e. The SMILES string of the molecule is CNC(=O)c1ccc2c(c1)c(C1Cc3nccnc3N1)cn2C. The van der Waals surface area contributed by atoms with Gasteiger partial charge in [0.15, 0.2) is 0 Å². The van der Waals surface area contributed by atoms with Crippen molar-refractivity contribution < 1.29 is 4.79 Å². The maximum atomic E-state index is 11.9. The molecule has 0 spiro atoms. The summed E-state index contributed by atoms with van der Waals surface area (Å²) in [6, 6.07) is 5.91. The Morgan fingerprint density at radius 2 is 2.17 bits per heavy atom. The molecule has 1 aliphatic rings. The molecule has 3 aromatic rings. The van der Waals surface area contributed by atoms with E-state index in [1.54, 1.807) is 19.4 Å². The quantitative estimate of drug-likeness (QED) is 0.760. The lowest BCUT2D eigenvalue weighted by Gasteiger charge is -2.10. The van der Waals surface area contributed by atoms with Gasteiger partial charge in [0.1, 0.15) is 5.82 Å². The molecule has 6 nitrogen and oxygen atoms in total. The van der Waals surface area contributed by atoms with Crippen LogP contribution in [-0.2, 0) is 13.5 Å². The van der Waals surface area contributed by atoms with Gasteiger partial charge in [-0.25, -0.2) is 4.98 Å². The lowest BCUT2D eigenvalue weighted by atomic mass is 10.0. The molecule has 1 aliphatic heterocycles. The Kier molecular flexibility index (Phi) is 3.04. The molecule has 0 bridgehead atoms. The lowest BCUT2D eigenvalue weighted by molar-refractivity contribution is 0.0963. The minimum absolute atomic E-state index is 0.0762. The first-order valence-electron chi connectivity index (χ1n) is 7.55. The van der Waals surface area contributed by atoms with Crippen molar-refractivity contribution in [3.8, 4) is 0 Å². The number of hydrogen-bond acceptors (Lipinski definition) is 4. The molecule has 0 saturated carbocycles. The third kappa shape index (κ3) is 2.14. The van der Waals surface area contributed by atoms with Crippen LogP contribution in [0.3, 0.4) is 0 Å². The van der Waals surface area contributed by atoms with Crippen LogP contribution in [0.5, 0.6) is 0 Å². The fourth-order valence-electron chi connectivity index (χ4n) is 3.22. The number of nitrogens with zero attached hydrogens (tertiary/aromatic N) is 3. The average molecular weight is 307 g/mol. The van der Waals surface area contributed by atoms with Crippen molar-refractivity contribution in [1.29, 1.82) is 0 Å². The second-order valence-corrected chi connectivity index (χ2v) is 5.76. The van der Waals surface area contributed by atoms with E-state index in [4.69, 9.17) is 0 Å². The lowest BCUT2D eigenvalue weighted by Crippen LogP contribution is -2.17. The minimum Gasteiger partial charge on any atom is -0.361 e. The van der Waals surface area contributed by atoms with Crippen molar-refractivity contribution in [3.63, 3.8) is 0 Å². The number of carbonyl (C=O) groups excluding carboxylic acids is 1. The number of aryl methyl sites for hydroxylation is 1. The molecule has 116 valence electrons. The Morgan fingerprint density at radius 1 is 1.35 bits per heavy atom. The van der Waals surface area contributed by atoms with Gasteiger partial charge >= 0.3 is 0 Å². The first-order valence-corrected chi connectivity index (χ1v) is 7.55. The highest BCUT2D eigenvalue weighted by Gasteiger charge is 2.26. The maximum Gasteiger partial charge on any atom is 0.251 e. The number of anilines is 1. The Bertz CT molecular complexity index is 889. The van der Waals surface area contributed by atoms with E-state index in [2.05, 4.69) is 31.4 Å². The van der Waals surface area contributed by atoms with Gasteiger partial charge in [-0.15, -0.1) is 0 Å². The summed E-state index contributed by atoms with van der Waals surface area (Å²) in [4.78, 5) is 20.6. The van der Waals surface area contributed by atoms with Crippen LogP contribution in [-0.4, -0.2) is 27.5 Å². The van der Waals surface area contributed by atoms with Crippen LogP contribution in [0.2, 0.25) is 0 Å². The smallest absolute Gasteiger partial charge is 0.251 e. The molecule has 23 heavy (non-hydrogen) atoms. The highest BCUT2D eigenvalue weighted by atomic mass is 16.1. The van der Waals surface area contributed by atoms with Gasteiger partial charge in [0.2, 0.25) is 0 Å². The van der Waals surface area contributed by atoms with Gasteiger partial charge in [0.05, 0.1) is 11.7 Å². The Balaban J connectivity index is 1.80. The molecule has 1 amide bonds. The van der Waals surface area contributed by atoms with Crippen molar-refractivity contribution in [2.45, 2.75) is 12.5 Å². The van der Waals surface area contributed by atoms with Gasteiger partial charge in [-0.1, -0.05) is 0 Å². The van der Waals surface area contributed by atoms with E-state index in [0.717, 1.165) is 34.4 Å². The molecule has 2 aromatic heterocycles. The van der Waals surface area contributed by atoms with E-state index in [0.29, 0.717) is 5.56 Å². The zero-order valence-corrected chi connectivity index (χ0v) is 13.0. The normalized spacial score (nSPS) is 16.2. The van der Waals surface area contributed by atoms with E-state index < -0.39 is 0 Å². The van der Waals surface area contributed by atoms with E-state index >= 15 is 0 Å². The van der Waals surface area contributed by atoms with Gasteiger partial charge in [0.25, 0.3) is 5.91 Å². The molecule has 2 N–H and O–H groups in total. The summed E-state index contributed by atoms with van der Waals surface area (Å²) in [5.41, 5.74) is 3.91. The number of fused-ring (bicyclic) bond motifs is 2. The third-order valence-corrected chi connectivity index (χ3v) is 4.37. The highest BCUT2D eigenvalue weighted by molar-refractivity contribution is 5.99. The van der Waals surface area contributed by atoms with Gasteiger partial charge in [-0.2, -0.15) is 0 Å². The fourth-order valence-corrected chi connectivity index (χ4v) is 3.22. The van der Waals surface area contributed by atoms with Gasteiger partial charge < -0.3 is 15.2 Å². The minimum atomic E-state index is -0.0762. The van der Waals surface area contributed by atoms with Crippen LogP contribution < -0.4 is 10.6 Å². The molecule has 6 heteroatoms. The molecule has 0 fully saturated rings. The Labute approximate surface area is 133 Å². The summed E-state index contributed by atoms with van der Waals surface area (Å²) in [6.07, 6.45) is 6.32. The molecule has 3 heterocycles. The summed E-state index contributed by atoms with van der Waals surface area (Å²) in [7, 11) is 3.66. The topological polar surface area (TPSA) is 71.8 Å². The zero-order valence-electron chi connectivity index (χ0n) is 13.0. The zero-order chi connectivity index (χ0) is 16.0. The summed E-state index contributed by atoms with van der Waals surface area (Å²) in [5.74, 6) is 0.768. The Hall–Kier alpha value is -2.89. The molecule has 0 radical (unpaired) electrons. The van der Waals surface area contributed by atoms with E-state index in [9.17, 15) is 4.79 Å². The number of rotatable bonds is 2. The number of nitrogens with one attached hydrogen (secondary N) is 2. The first-order chi connectivity index (χ1) is 11.2. The molecule has 4 rings (SSSR count). The molecule has 1 aromatic carbocycles. The predicted molar refractivity (Wildman–Crippen MR) is 88.4 cm³/mol. The van der Waals surface area contributed by atoms with E-state index in [-0.39, 0.29) is 11.9 Å². The molecular weight excluding hydrogens is 290 g/mol. The second kappa shape index (κ2) is 5.08. The van der Waals surface area contributed by atoms with Crippen molar-refractivity contribution >= 4 is 22.6 Å². The number of carbonyl (C=O) groups is 1. The van der Waals surface area contributed by atoms with Crippen LogP contribution in [0.4, 0.5) is 5.82 Å². The van der Waals surface area contributed by atoms with Crippen molar-refractivity contribution in [3.05, 3.63) is 53.6 Å². The van der Waals surface area contributed by atoms with Gasteiger partial charge in [0, 0.05) is 61.1 Å². The summed E-state index contributed by atoms with van der Waals surface area (Å²) < 4.78 is 2.09. The van der Waals surface area contributed by atoms with E-state index in [1.807, 2.05) is 25.2 Å². The molecule has 1 unspecified atom stereocenters. The number of benzene rings is 1. The van der Waals surface area contributed by atoms with Crippen LogP contribution in [0, 0.1) is 0 Å². The summed E-state index contributed by atoms with van der Waals surface area (Å²) in [6.45, 7) is 0. The molecule has 0 aliphatic carbocycles. The fraction of sp³-hybridized carbons (Fsp3) is 0.235. The van der Waals surface area contributed by atoms with Crippen molar-refractivity contribution in [2.75, 3.05) is 12.4 Å².